The number of fused-ring (bicyclic) bond motifs is 3. The van der Waals surface area contributed by atoms with E-state index in [0.717, 1.165) is 23.3 Å². The van der Waals surface area contributed by atoms with Crippen molar-refractivity contribution >= 4 is 17.1 Å². The fourth-order valence-corrected chi connectivity index (χ4v) is 12.6. The molecule has 4 bridgehead atoms. The van der Waals surface area contributed by atoms with Crippen molar-refractivity contribution in [2.24, 2.45) is 23.7 Å². The van der Waals surface area contributed by atoms with Gasteiger partial charge >= 0.3 is 0 Å². The van der Waals surface area contributed by atoms with Crippen molar-refractivity contribution in [1.29, 1.82) is 0 Å². The topological polar surface area (TPSA) is 12.5 Å². The van der Waals surface area contributed by atoms with Gasteiger partial charge in [-0.3, -0.25) is 0 Å². The second-order valence-electron chi connectivity index (χ2n) is 19.2. The van der Waals surface area contributed by atoms with Gasteiger partial charge in [0.15, 0.2) is 0 Å². The number of rotatable bonds is 5. The minimum Gasteiger partial charge on any atom is -0.457 e. The number of anilines is 3. The second-order valence-corrected chi connectivity index (χ2v) is 19.2. The highest BCUT2D eigenvalue weighted by molar-refractivity contribution is 5.82. The van der Waals surface area contributed by atoms with Crippen molar-refractivity contribution in [3.63, 3.8) is 0 Å². The molecule has 0 saturated heterocycles. The summed E-state index contributed by atoms with van der Waals surface area (Å²) in [7, 11) is 0. The molecule has 1 aliphatic heterocycles. The lowest BCUT2D eigenvalue weighted by atomic mass is 9.41. The standard InChI is InChI=1S/C54H53NO/c1-52(2)27-28-53(3,4)48-34-44(25-26-46(48)52)55(42-21-17-38(18-22-42)37-11-6-5-7-12-37)43-23-19-39(20-24-43)45-13-10-16-50-51(45)54(47-14-8-9-15-49(47)56-50)40-30-35-29-36(32-40)33-41(54)31-35/h5-26,34-36,40-41H,27-33H2,1-4H3. The summed E-state index contributed by atoms with van der Waals surface area (Å²) in [6.45, 7) is 9.69. The van der Waals surface area contributed by atoms with E-state index in [2.05, 4.69) is 172 Å². The SMILES string of the molecule is CC1(C)CCC(C)(C)c2cc(N(c3ccc(-c4ccccc4)cc3)c3ccc(-c4cccc5c4C4(c6ccccc6O5)C5CC6CC(C5)CC4C6)cc3)ccc21. The molecule has 4 fully saturated rings. The lowest BCUT2D eigenvalue weighted by Crippen LogP contribution is -2.57. The Morgan fingerprint density at radius 2 is 1.02 bits per heavy atom. The average molecular weight is 732 g/mol. The molecule has 6 aliphatic rings. The summed E-state index contributed by atoms with van der Waals surface area (Å²) in [4.78, 5) is 2.47. The summed E-state index contributed by atoms with van der Waals surface area (Å²) in [5.41, 5.74) is 14.8. The van der Waals surface area contributed by atoms with Crippen LogP contribution in [-0.4, -0.2) is 0 Å². The van der Waals surface area contributed by atoms with Gasteiger partial charge in [-0.15, -0.1) is 0 Å². The first-order valence-electron chi connectivity index (χ1n) is 21.3. The number of ether oxygens (including phenoxy) is 1. The minimum atomic E-state index is 0.00308. The Hall–Kier alpha value is -5.08. The Morgan fingerprint density at radius 3 is 1.70 bits per heavy atom. The van der Waals surface area contributed by atoms with E-state index in [1.54, 1.807) is 0 Å². The molecule has 12 rings (SSSR count). The normalized spacial score (nSPS) is 25.9. The van der Waals surface area contributed by atoms with E-state index in [4.69, 9.17) is 4.74 Å². The minimum absolute atomic E-state index is 0.00308. The third kappa shape index (κ3) is 5.13. The van der Waals surface area contributed by atoms with Crippen molar-refractivity contribution in [2.75, 3.05) is 4.90 Å². The van der Waals surface area contributed by atoms with Gasteiger partial charge < -0.3 is 9.64 Å². The number of benzene rings is 6. The van der Waals surface area contributed by atoms with Gasteiger partial charge in [0.2, 0.25) is 0 Å². The Morgan fingerprint density at radius 1 is 0.464 bits per heavy atom. The molecular formula is C54H53NO. The zero-order valence-corrected chi connectivity index (χ0v) is 33.4. The van der Waals surface area contributed by atoms with E-state index in [1.165, 1.54) is 107 Å². The summed E-state index contributed by atoms with van der Waals surface area (Å²) in [5, 5.41) is 0. The lowest BCUT2D eigenvalue weighted by molar-refractivity contribution is -0.0449. The van der Waals surface area contributed by atoms with Crippen LogP contribution in [0.25, 0.3) is 22.3 Å². The molecule has 6 aromatic rings. The van der Waals surface area contributed by atoms with E-state index >= 15 is 0 Å². The maximum absolute atomic E-state index is 6.86. The lowest BCUT2D eigenvalue weighted by Gasteiger charge is -2.63. The first kappa shape index (κ1) is 34.2. The van der Waals surface area contributed by atoms with Gasteiger partial charge in [0.25, 0.3) is 0 Å². The second kappa shape index (κ2) is 12.5. The van der Waals surface area contributed by atoms with Gasteiger partial charge in [-0.2, -0.15) is 0 Å². The van der Waals surface area contributed by atoms with Gasteiger partial charge in [-0.05, 0) is 161 Å². The Labute approximate surface area is 333 Å². The Bertz CT molecular complexity index is 2430. The first-order valence-corrected chi connectivity index (χ1v) is 21.3. The van der Waals surface area contributed by atoms with Gasteiger partial charge in [0, 0.05) is 33.6 Å². The highest BCUT2D eigenvalue weighted by atomic mass is 16.5. The molecule has 0 N–H and O–H groups in total. The van der Waals surface area contributed by atoms with E-state index in [9.17, 15) is 0 Å². The van der Waals surface area contributed by atoms with Crippen LogP contribution in [0.4, 0.5) is 17.1 Å². The van der Waals surface area contributed by atoms with Crippen molar-refractivity contribution in [3.05, 3.63) is 162 Å². The Kier molecular flexibility index (Phi) is 7.61. The number of hydrogen-bond acceptors (Lipinski definition) is 2. The van der Waals surface area contributed by atoms with Gasteiger partial charge in [0.1, 0.15) is 11.5 Å². The molecular weight excluding hydrogens is 679 g/mol. The maximum atomic E-state index is 6.86. The molecule has 0 radical (unpaired) electrons. The van der Waals surface area contributed by atoms with Crippen molar-refractivity contribution in [2.45, 2.75) is 88.9 Å². The first-order chi connectivity index (χ1) is 27.2. The van der Waals surface area contributed by atoms with Crippen LogP contribution in [0, 0.1) is 23.7 Å². The number of para-hydroxylation sites is 1. The van der Waals surface area contributed by atoms with E-state index < -0.39 is 0 Å². The highest BCUT2D eigenvalue weighted by Crippen LogP contribution is 2.70. The predicted octanol–water partition coefficient (Wildman–Crippen LogP) is 14.7. The molecule has 5 aliphatic carbocycles. The number of nitrogens with zero attached hydrogens (tertiary/aromatic N) is 1. The maximum Gasteiger partial charge on any atom is 0.132 e. The van der Waals surface area contributed by atoms with Crippen molar-refractivity contribution in [1.82, 2.24) is 0 Å². The van der Waals surface area contributed by atoms with E-state index in [1.807, 2.05) is 0 Å². The zero-order chi connectivity index (χ0) is 37.8. The molecule has 0 aromatic heterocycles. The van der Waals surface area contributed by atoms with Crippen molar-refractivity contribution in [3.8, 4) is 33.8 Å². The van der Waals surface area contributed by atoms with Gasteiger partial charge in [-0.1, -0.05) is 119 Å². The number of hydrogen-bond donors (Lipinski definition) is 0. The monoisotopic (exact) mass is 731 g/mol. The van der Waals surface area contributed by atoms with E-state index in [0.29, 0.717) is 11.8 Å². The van der Waals surface area contributed by atoms with Crippen molar-refractivity contribution < 1.29 is 4.74 Å². The summed E-state index contributed by atoms with van der Waals surface area (Å²) in [6.07, 6.45) is 9.24. The third-order valence-electron chi connectivity index (χ3n) is 15.2. The largest absolute Gasteiger partial charge is 0.457 e. The Balaban J connectivity index is 1.04. The van der Waals surface area contributed by atoms with Crippen LogP contribution < -0.4 is 9.64 Å². The van der Waals surface area contributed by atoms with Crippen LogP contribution in [-0.2, 0) is 16.2 Å². The fourth-order valence-electron chi connectivity index (χ4n) is 12.6. The smallest absolute Gasteiger partial charge is 0.132 e. The predicted molar refractivity (Wildman–Crippen MR) is 232 cm³/mol. The van der Waals surface area contributed by atoms with Crippen LogP contribution in [0.3, 0.4) is 0 Å². The molecule has 4 saturated carbocycles. The fraction of sp³-hybridized carbons (Fsp3) is 0.333. The van der Waals surface area contributed by atoms with Gasteiger partial charge in [0.05, 0.1) is 0 Å². The molecule has 0 amide bonds. The molecule has 0 unspecified atom stereocenters. The summed E-state index contributed by atoms with van der Waals surface area (Å²) >= 11 is 0. The quantitative estimate of drug-likeness (QED) is 0.175. The molecule has 280 valence electrons. The molecule has 2 heteroatoms. The molecule has 56 heavy (non-hydrogen) atoms. The summed E-state index contributed by atoms with van der Waals surface area (Å²) in [6, 6.07) is 52.5. The molecule has 0 atom stereocenters. The third-order valence-corrected chi connectivity index (χ3v) is 15.2. The average Bonchev–Trinajstić information content (AvgIpc) is 3.22. The summed E-state index contributed by atoms with van der Waals surface area (Å²) in [5.74, 6) is 5.25. The van der Waals surface area contributed by atoms with Crippen LogP contribution in [0.2, 0.25) is 0 Å². The van der Waals surface area contributed by atoms with Crippen LogP contribution >= 0.6 is 0 Å². The zero-order valence-electron chi connectivity index (χ0n) is 33.4. The van der Waals surface area contributed by atoms with E-state index in [-0.39, 0.29) is 16.2 Å². The van der Waals surface area contributed by atoms with Crippen LogP contribution in [0.1, 0.15) is 94.9 Å². The molecule has 1 spiro atoms. The van der Waals surface area contributed by atoms with Gasteiger partial charge in [-0.25, -0.2) is 0 Å². The van der Waals surface area contributed by atoms with Crippen LogP contribution in [0.5, 0.6) is 11.5 Å². The molecule has 6 aromatic carbocycles. The summed E-state index contributed by atoms with van der Waals surface area (Å²) < 4.78 is 6.86. The molecule has 2 nitrogen and oxygen atoms in total. The molecule has 1 heterocycles. The van der Waals surface area contributed by atoms with Crippen LogP contribution in [0.15, 0.2) is 140 Å². The highest BCUT2D eigenvalue weighted by Gasteiger charge is 2.61.